The Hall–Kier alpha value is -2.12. The van der Waals surface area contributed by atoms with Gasteiger partial charge in [-0.3, -0.25) is 9.59 Å². The number of carbonyl (C=O) groups is 2. The van der Waals surface area contributed by atoms with E-state index in [0.717, 1.165) is 0 Å². The monoisotopic (exact) mass is 280 g/mol. The van der Waals surface area contributed by atoms with Gasteiger partial charge in [-0.15, -0.1) is 0 Å². The molecule has 1 heterocycles. The number of hydrogen-bond donors (Lipinski definition) is 3. The highest BCUT2D eigenvalue weighted by Crippen LogP contribution is 2.28. The van der Waals surface area contributed by atoms with Crippen molar-refractivity contribution in [2.75, 3.05) is 38.2 Å². The standard InChI is InChI=1S/C13H16N2O5/c16-5-3-15(4-6-17)13(19)9-1-2-10-11(7-9)20-8-12(18)14-10/h1-2,7,16-17H,3-6,8H2,(H,14,18). The molecule has 0 fully saturated rings. The van der Waals surface area contributed by atoms with Crippen molar-refractivity contribution < 1.29 is 24.5 Å². The van der Waals surface area contributed by atoms with Gasteiger partial charge in [-0.2, -0.15) is 0 Å². The quantitative estimate of drug-likeness (QED) is 0.672. The molecule has 0 saturated heterocycles. The van der Waals surface area contributed by atoms with Crippen LogP contribution in [0, 0.1) is 0 Å². The molecule has 0 atom stereocenters. The molecule has 0 aromatic heterocycles. The number of benzene rings is 1. The molecule has 1 aromatic carbocycles. The molecular weight excluding hydrogens is 264 g/mol. The third-order valence-electron chi connectivity index (χ3n) is 2.89. The van der Waals surface area contributed by atoms with Gasteiger partial charge in [0.05, 0.1) is 18.9 Å². The summed E-state index contributed by atoms with van der Waals surface area (Å²) in [4.78, 5) is 24.7. The number of aliphatic hydroxyl groups is 2. The zero-order valence-corrected chi connectivity index (χ0v) is 10.8. The third kappa shape index (κ3) is 3.06. The van der Waals surface area contributed by atoms with Crippen LogP contribution in [0.4, 0.5) is 5.69 Å². The van der Waals surface area contributed by atoms with Gasteiger partial charge in [-0.25, -0.2) is 0 Å². The summed E-state index contributed by atoms with van der Waals surface area (Å²) in [6.45, 7) is -0.143. The Labute approximate surface area is 115 Å². The second kappa shape index (κ2) is 6.36. The molecule has 1 aliphatic rings. The van der Waals surface area contributed by atoms with Crippen LogP contribution in [-0.4, -0.2) is 59.8 Å². The summed E-state index contributed by atoms with van der Waals surface area (Å²) in [6.07, 6.45) is 0. The van der Waals surface area contributed by atoms with E-state index in [-0.39, 0.29) is 44.7 Å². The predicted molar refractivity (Wildman–Crippen MR) is 70.6 cm³/mol. The second-order valence-electron chi connectivity index (χ2n) is 4.29. The molecule has 0 spiro atoms. The highest BCUT2D eigenvalue weighted by molar-refractivity contribution is 5.99. The Balaban J connectivity index is 2.20. The fraction of sp³-hybridized carbons (Fsp3) is 0.385. The summed E-state index contributed by atoms with van der Waals surface area (Å²) in [5.41, 5.74) is 0.899. The zero-order chi connectivity index (χ0) is 14.5. The number of amides is 2. The number of nitrogens with one attached hydrogen (secondary N) is 1. The van der Waals surface area contributed by atoms with Crippen molar-refractivity contribution in [1.82, 2.24) is 4.90 Å². The van der Waals surface area contributed by atoms with E-state index in [1.54, 1.807) is 18.2 Å². The largest absolute Gasteiger partial charge is 0.482 e. The molecule has 7 heteroatoms. The number of carbonyl (C=O) groups excluding carboxylic acids is 2. The van der Waals surface area contributed by atoms with Crippen LogP contribution >= 0.6 is 0 Å². The highest BCUT2D eigenvalue weighted by atomic mass is 16.5. The maximum absolute atomic E-state index is 12.2. The fourth-order valence-corrected chi connectivity index (χ4v) is 1.95. The maximum atomic E-state index is 12.2. The van der Waals surface area contributed by atoms with Crippen molar-refractivity contribution >= 4 is 17.5 Å². The van der Waals surface area contributed by atoms with Crippen LogP contribution in [0.5, 0.6) is 5.75 Å². The van der Waals surface area contributed by atoms with Crippen LogP contribution in [0.2, 0.25) is 0 Å². The fourth-order valence-electron chi connectivity index (χ4n) is 1.95. The lowest BCUT2D eigenvalue weighted by molar-refractivity contribution is -0.118. The van der Waals surface area contributed by atoms with E-state index in [1.807, 2.05) is 0 Å². The lowest BCUT2D eigenvalue weighted by atomic mass is 10.1. The van der Waals surface area contributed by atoms with Gasteiger partial charge in [0.2, 0.25) is 0 Å². The maximum Gasteiger partial charge on any atom is 0.262 e. The smallest absolute Gasteiger partial charge is 0.262 e. The van der Waals surface area contributed by atoms with E-state index in [0.29, 0.717) is 17.0 Å². The van der Waals surface area contributed by atoms with Gasteiger partial charge in [0.15, 0.2) is 6.61 Å². The Morgan fingerprint density at radius 1 is 1.30 bits per heavy atom. The van der Waals surface area contributed by atoms with E-state index in [1.165, 1.54) is 4.90 Å². The summed E-state index contributed by atoms with van der Waals surface area (Å²) in [5, 5.41) is 20.5. The Kier molecular flexibility index (Phi) is 4.54. The Morgan fingerprint density at radius 3 is 2.65 bits per heavy atom. The number of ether oxygens (including phenoxy) is 1. The van der Waals surface area contributed by atoms with E-state index in [4.69, 9.17) is 14.9 Å². The van der Waals surface area contributed by atoms with Gasteiger partial charge in [0, 0.05) is 18.7 Å². The summed E-state index contributed by atoms with van der Waals surface area (Å²) < 4.78 is 5.24. The molecular formula is C13H16N2O5. The number of anilines is 1. The molecule has 2 amide bonds. The molecule has 0 bridgehead atoms. The van der Waals surface area contributed by atoms with Crippen LogP contribution in [0.15, 0.2) is 18.2 Å². The molecule has 20 heavy (non-hydrogen) atoms. The van der Waals surface area contributed by atoms with Crippen molar-refractivity contribution in [3.63, 3.8) is 0 Å². The molecule has 0 saturated carbocycles. The minimum absolute atomic E-state index is 0.0817. The van der Waals surface area contributed by atoms with Crippen molar-refractivity contribution in [2.45, 2.75) is 0 Å². The average molecular weight is 280 g/mol. The first-order valence-electron chi connectivity index (χ1n) is 6.23. The minimum atomic E-state index is -0.309. The van der Waals surface area contributed by atoms with Gasteiger partial charge < -0.3 is 25.2 Å². The number of rotatable bonds is 5. The summed E-state index contributed by atoms with van der Waals surface area (Å²) >= 11 is 0. The van der Waals surface area contributed by atoms with Crippen LogP contribution in [0.25, 0.3) is 0 Å². The number of aliphatic hydroxyl groups excluding tert-OH is 2. The van der Waals surface area contributed by atoms with Crippen molar-refractivity contribution in [3.05, 3.63) is 23.8 Å². The van der Waals surface area contributed by atoms with Gasteiger partial charge >= 0.3 is 0 Å². The molecule has 108 valence electrons. The number of fused-ring (bicyclic) bond motifs is 1. The highest BCUT2D eigenvalue weighted by Gasteiger charge is 2.20. The normalized spacial score (nSPS) is 13.2. The first-order chi connectivity index (χ1) is 9.65. The predicted octanol–water partition coefficient (Wildman–Crippen LogP) is -0.556. The van der Waals surface area contributed by atoms with Crippen molar-refractivity contribution in [1.29, 1.82) is 0 Å². The average Bonchev–Trinajstić information content (AvgIpc) is 2.45. The topological polar surface area (TPSA) is 99.1 Å². The van der Waals surface area contributed by atoms with Gasteiger partial charge in [-0.1, -0.05) is 0 Å². The number of hydrogen-bond acceptors (Lipinski definition) is 5. The molecule has 0 radical (unpaired) electrons. The van der Waals surface area contributed by atoms with Gasteiger partial charge in [-0.05, 0) is 18.2 Å². The molecule has 2 rings (SSSR count). The second-order valence-corrected chi connectivity index (χ2v) is 4.29. The van der Waals surface area contributed by atoms with Crippen molar-refractivity contribution in [2.24, 2.45) is 0 Å². The first-order valence-corrected chi connectivity index (χ1v) is 6.23. The first kappa shape index (κ1) is 14.3. The minimum Gasteiger partial charge on any atom is -0.482 e. The lowest BCUT2D eigenvalue weighted by Gasteiger charge is -2.22. The van der Waals surface area contributed by atoms with Crippen LogP contribution < -0.4 is 10.1 Å². The Bertz CT molecular complexity index is 511. The van der Waals surface area contributed by atoms with E-state index in [9.17, 15) is 9.59 Å². The SMILES string of the molecule is O=C1COc2cc(C(=O)N(CCO)CCO)ccc2N1. The molecule has 3 N–H and O–H groups in total. The van der Waals surface area contributed by atoms with Crippen LogP contribution in [-0.2, 0) is 4.79 Å². The number of nitrogens with zero attached hydrogens (tertiary/aromatic N) is 1. The van der Waals surface area contributed by atoms with Gasteiger partial charge in [0.1, 0.15) is 5.75 Å². The van der Waals surface area contributed by atoms with Crippen LogP contribution in [0.3, 0.4) is 0 Å². The summed E-state index contributed by atoms with van der Waals surface area (Å²) in [7, 11) is 0. The van der Waals surface area contributed by atoms with E-state index >= 15 is 0 Å². The van der Waals surface area contributed by atoms with E-state index in [2.05, 4.69) is 5.32 Å². The van der Waals surface area contributed by atoms with Crippen LogP contribution in [0.1, 0.15) is 10.4 Å². The van der Waals surface area contributed by atoms with Crippen molar-refractivity contribution in [3.8, 4) is 5.75 Å². The lowest BCUT2D eigenvalue weighted by Crippen LogP contribution is -2.36. The summed E-state index contributed by atoms with van der Waals surface area (Å²) in [6, 6.07) is 4.70. The molecule has 7 nitrogen and oxygen atoms in total. The van der Waals surface area contributed by atoms with E-state index < -0.39 is 0 Å². The molecule has 1 aromatic rings. The molecule has 1 aliphatic heterocycles. The zero-order valence-electron chi connectivity index (χ0n) is 10.8. The Morgan fingerprint density at radius 2 is 2.00 bits per heavy atom. The third-order valence-corrected chi connectivity index (χ3v) is 2.89. The van der Waals surface area contributed by atoms with Gasteiger partial charge in [0.25, 0.3) is 11.8 Å². The summed E-state index contributed by atoms with van der Waals surface area (Å²) in [5.74, 6) is -0.112. The molecule has 0 aliphatic carbocycles. The molecule has 0 unspecified atom stereocenters.